The minimum absolute atomic E-state index is 0.148. The smallest absolute Gasteiger partial charge is 0.149 e. The molecule has 0 bridgehead atoms. The first kappa shape index (κ1) is 12.8. The Balaban J connectivity index is 2.79. The first-order valence-corrected chi connectivity index (χ1v) is 7.27. The number of nitrogen functional groups attached to an aromatic ring is 1. The third-order valence-corrected chi connectivity index (χ3v) is 3.32. The molecule has 0 radical (unpaired) electrons. The van der Waals surface area contributed by atoms with Gasteiger partial charge in [0.1, 0.15) is 9.84 Å². The van der Waals surface area contributed by atoms with Crippen LogP contribution in [0.15, 0.2) is 24.3 Å². The predicted octanol–water partition coefficient (Wildman–Crippen LogP) is 1.14. The summed E-state index contributed by atoms with van der Waals surface area (Å²) in [6.07, 6.45) is 1.25. The largest absolute Gasteiger partial charge is 0.397 e. The van der Waals surface area contributed by atoms with Crippen molar-refractivity contribution in [2.75, 3.05) is 35.7 Å². The van der Waals surface area contributed by atoms with Crippen molar-refractivity contribution in [1.29, 1.82) is 0 Å². The zero-order valence-electron chi connectivity index (χ0n) is 9.68. The van der Waals surface area contributed by atoms with Crippen LogP contribution >= 0.6 is 0 Å². The van der Waals surface area contributed by atoms with Crippen LogP contribution in [0.1, 0.15) is 6.92 Å². The Morgan fingerprint density at radius 3 is 2.44 bits per heavy atom. The predicted molar refractivity (Wildman–Crippen MR) is 68.5 cm³/mol. The summed E-state index contributed by atoms with van der Waals surface area (Å²) in [5.41, 5.74) is 7.42. The quantitative estimate of drug-likeness (QED) is 0.786. The van der Waals surface area contributed by atoms with Gasteiger partial charge < -0.3 is 10.6 Å². The molecular formula is C11H18N2O2S. The number of nitrogens with two attached hydrogens (primary N) is 1. The number of benzene rings is 1. The van der Waals surface area contributed by atoms with Gasteiger partial charge >= 0.3 is 0 Å². The van der Waals surface area contributed by atoms with Gasteiger partial charge in [-0.3, -0.25) is 0 Å². The molecule has 2 N–H and O–H groups in total. The van der Waals surface area contributed by atoms with Gasteiger partial charge in [0, 0.05) is 19.3 Å². The van der Waals surface area contributed by atoms with Crippen LogP contribution in [-0.2, 0) is 9.84 Å². The van der Waals surface area contributed by atoms with Gasteiger partial charge in [0.15, 0.2) is 0 Å². The van der Waals surface area contributed by atoms with Gasteiger partial charge in [0.25, 0.3) is 0 Å². The normalized spacial score (nSPS) is 11.4. The van der Waals surface area contributed by atoms with Crippen LogP contribution in [0.2, 0.25) is 0 Å². The van der Waals surface area contributed by atoms with Crippen LogP contribution in [0, 0.1) is 0 Å². The maximum atomic E-state index is 11.1. The molecule has 0 saturated carbocycles. The van der Waals surface area contributed by atoms with E-state index >= 15 is 0 Å². The summed E-state index contributed by atoms with van der Waals surface area (Å²) in [5.74, 6) is 0.148. The van der Waals surface area contributed by atoms with Crippen LogP contribution in [0.5, 0.6) is 0 Å². The lowest BCUT2D eigenvalue weighted by atomic mass is 10.2. The first-order chi connectivity index (χ1) is 7.44. The van der Waals surface area contributed by atoms with E-state index < -0.39 is 9.84 Å². The highest BCUT2D eigenvalue weighted by Crippen LogP contribution is 2.21. The van der Waals surface area contributed by atoms with E-state index in [-0.39, 0.29) is 5.75 Å². The lowest BCUT2D eigenvalue weighted by Crippen LogP contribution is -2.29. The highest BCUT2D eigenvalue weighted by Gasteiger charge is 2.10. The zero-order valence-corrected chi connectivity index (χ0v) is 10.5. The Labute approximate surface area is 97.0 Å². The third kappa shape index (κ3) is 3.73. The van der Waals surface area contributed by atoms with Gasteiger partial charge in [0.2, 0.25) is 0 Å². The molecule has 0 heterocycles. The van der Waals surface area contributed by atoms with Gasteiger partial charge in [-0.15, -0.1) is 0 Å². The molecule has 0 aliphatic carbocycles. The number of nitrogens with zero attached hydrogens (tertiary/aromatic N) is 1. The molecule has 0 aromatic heterocycles. The molecule has 90 valence electrons. The van der Waals surface area contributed by atoms with Gasteiger partial charge in [0.05, 0.1) is 17.1 Å². The highest BCUT2D eigenvalue weighted by molar-refractivity contribution is 7.90. The zero-order chi connectivity index (χ0) is 12.2. The van der Waals surface area contributed by atoms with Gasteiger partial charge in [-0.1, -0.05) is 12.1 Å². The second-order valence-corrected chi connectivity index (χ2v) is 6.03. The number of sulfone groups is 1. The molecule has 0 unspecified atom stereocenters. The minimum atomic E-state index is -2.93. The fourth-order valence-corrected chi connectivity index (χ4v) is 2.05. The van der Waals surface area contributed by atoms with Crippen molar-refractivity contribution in [3.8, 4) is 0 Å². The van der Waals surface area contributed by atoms with Crippen molar-refractivity contribution in [2.45, 2.75) is 6.92 Å². The molecule has 4 nitrogen and oxygen atoms in total. The molecule has 1 rings (SSSR count). The van der Waals surface area contributed by atoms with E-state index in [2.05, 4.69) is 0 Å². The van der Waals surface area contributed by atoms with Crippen LogP contribution in [0.4, 0.5) is 11.4 Å². The number of hydrogen-bond donors (Lipinski definition) is 1. The Hall–Kier alpha value is -1.23. The maximum Gasteiger partial charge on any atom is 0.149 e. The Kier molecular flexibility index (Phi) is 4.18. The summed E-state index contributed by atoms with van der Waals surface area (Å²) in [5, 5.41) is 0. The van der Waals surface area contributed by atoms with Gasteiger partial charge in [-0.05, 0) is 19.1 Å². The number of hydrogen-bond acceptors (Lipinski definition) is 4. The summed E-state index contributed by atoms with van der Waals surface area (Å²) in [6.45, 7) is 3.20. The molecule has 0 spiro atoms. The topological polar surface area (TPSA) is 63.4 Å². The Bertz CT molecular complexity index is 443. The maximum absolute atomic E-state index is 11.1. The molecule has 0 saturated heterocycles. The molecule has 1 aromatic rings. The van der Waals surface area contributed by atoms with E-state index in [1.54, 1.807) is 0 Å². The highest BCUT2D eigenvalue weighted by atomic mass is 32.2. The summed E-state index contributed by atoms with van der Waals surface area (Å²) in [4.78, 5) is 1.97. The lowest BCUT2D eigenvalue weighted by molar-refractivity contribution is 0.600. The monoisotopic (exact) mass is 242 g/mol. The molecule has 0 aliphatic heterocycles. The fraction of sp³-hybridized carbons (Fsp3) is 0.455. The van der Waals surface area contributed by atoms with Crippen molar-refractivity contribution in [3.05, 3.63) is 24.3 Å². The first-order valence-electron chi connectivity index (χ1n) is 5.21. The molecule has 5 heteroatoms. The average Bonchev–Trinajstić information content (AvgIpc) is 2.20. The van der Waals surface area contributed by atoms with Crippen LogP contribution in [0.25, 0.3) is 0 Å². The van der Waals surface area contributed by atoms with Gasteiger partial charge in [-0.25, -0.2) is 8.42 Å². The average molecular weight is 242 g/mol. The lowest BCUT2D eigenvalue weighted by Gasteiger charge is -2.24. The Morgan fingerprint density at radius 1 is 1.31 bits per heavy atom. The van der Waals surface area contributed by atoms with Crippen molar-refractivity contribution in [1.82, 2.24) is 0 Å². The molecule has 0 fully saturated rings. The van der Waals surface area contributed by atoms with E-state index in [0.717, 1.165) is 12.2 Å². The molecular weight excluding hydrogens is 224 g/mol. The molecule has 1 aromatic carbocycles. The number of rotatable bonds is 5. The summed E-state index contributed by atoms with van der Waals surface area (Å²) < 4.78 is 22.2. The third-order valence-electron chi connectivity index (χ3n) is 2.39. The van der Waals surface area contributed by atoms with E-state index in [0.29, 0.717) is 12.2 Å². The minimum Gasteiger partial charge on any atom is -0.397 e. The van der Waals surface area contributed by atoms with E-state index in [4.69, 9.17) is 5.73 Å². The van der Waals surface area contributed by atoms with Gasteiger partial charge in [-0.2, -0.15) is 0 Å². The number of anilines is 2. The molecule has 0 atom stereocenters. The number of para-hydroxylation sites is 2. The van der Waals surface area contributed by atoms with E-state index in [9.17, 15) is 8.42 Å². The standard InChI is InChI=1S/C11H18N2O2S/c1-3-13(8-9-16(2,14)15)11-7-5-4-6-10(11)12/h4-7H,3,8-9,12H2,1-2H3. The molecule has 16 heavy (non-hydrogen) atoms. The summed E-state index contributed by atoms with van der Waals surface area (Å²) in [7, 11) is -2.93. The van der Waals surface area contributed by atoms with E-state index in [1.165, 1.54) is 6.26 Å². The van der Waals surface area contributed by atoms with Crippen LogP contribution in [0.3, 0.4) is 0 Å². The Morgan fingerprint density at radius 2 is 1.94 bits per heavy atom. The van der Waals surface area contributed by atoms with Crippen LogP contribution < -0.4 is 10.6 Å². The van der Waals surface area contributed by atoms with Crippen molar-refractivity contribution >= 4 is 21.2 Å². The van der Waals surface area contributed by atoms with E-state index in [1.807, 2.05) is 36.1 Å². The van der Waals surface area contributed by atoms with Crippen molar-refractivity contribution < 1.29 is 8.42 Å². The van der Waals surface area contributed by atoms with Crippen LogP contribution in [-0.4, -0.2) is 33.5 Å². The SMILES string of the molecule is CCN(CCS(C)(=O)=O)c1ccccc1N. The molecule has 0 aliphatic rings. The second-order valence-electron chi connectivity index (χ2n) is 3.77. The summed E-state index contributed by atoms with van der Waals surface area (Å²) in [6, 6.07) is 7.48. The second kappa shape index (κ2) is 5.21. The fourth-order valence-electron chi connectivity index (χ4n) is 1.50. The van der Waals surface area contributed by atoms with Crippen molar-refractivity contribution in [2.24, 2.45) is 0 Å². The summed E-state index contributed by atoms with van der Waals surface area (Å²) >= 11 is 0. The van der Waals surface area contributed by atoms with Crippen molar-refractivity contribution in [3.63, 3.8) is 0 Å². The molecule has 0 amide bonds.